The fourth-order valence-corrected chi connectivity index (χ4v) is 3.99. The highest BCUT2D eigenvalue weighted by Gasteiger charge is 2.29. The molecule has 1 aliphatic rings. The molecule has 168 valence electrons. The van der Waals surface area contributed by atoms with Gasteiger partial charge >= 0.3 is 0 Å². The van der Waals surface area contributed by atoms with Crippen molar-refractivity contribution in [1.29, 1.82) is 0 Å². The number of nitrogens with one attached hydrogen (secondary N) is 2. The monoisotopic (exact) mass is 445 g/mol. The van der Waals surface area contributed by atoms with Crippen LogP contribution in [0.3, 0.4) is 0 Å². The van der Waals surface area contributed by atoms with Gasteiger partial charge in [0, 0.05) is 12.2 Å². The molecule has 3 amide bonds. The van der Waals surface area contributed by atoms with E-state index in [2.05, 4.69) is 10.6 Å². The Morgan fingerprint density at radius 2 is 1.61 bits per heavy atom. The second-order valence-electron chi connectivity index (χ2n) is 8.00. The molecular weight excluding hydrogens is 421 g/mol. The number of para-hydroxylation sites is 2. The Morgan fingerprint density at radius 3 is 2.39 bits per heavy atom. The molecule has 1 aliphatic heterocycles. The average Bonchev–Trinajstić information content (AvgIpc) is 3.24. The number of aryl methyl sites for hydroxylation is 1. The molecule has 0 fully saturated rings. The Labute approximate surface area is 191 Å². The summed E-state index contributed by atoms with van der Waals surface area (Å²) in [4.78, 5) is 40.4. The summed E-state index contributed by atoms with van der Waals surface area (Å²) in [5.74, 6) is -2.03. The van der Waals surface area contributed by atoms with Gasteiger partial charge in [-0.15, -0.1) is 0 Å². The van der Waals surface area contributed by atoms with Gasteiger partial charge in [-0.3, -0.25) is 14.4 Å². The Kier molecular flexibility index (Phi) is 6.22. The third kappa shape index (κ3) is 4.48. The van der Waals surface area contributed by atoms with Crippen molar-refractivity contribution in [3.63, 3.8) is 0 Å². The van der Waals surface area contributed by atoms with E-state index in [4.69, 9.17) is 0 Å². The van der Waals surface area contributed by atoms with Gasteiger partial charge in [0.1, 0.15) is 11.9 Å². The Morgan fingerprint density at radius 1 is 0.909 bits per heavy atom. The summed E-state index contributed by atoms with van der Waals surface area (Å²) in [6.45, 7) is 3.94. The summed E-state index contributed by atoms with van der Waals surface area (Å²) >= 11 is 0. The lowest BCUT2D eigenvalue weighted by Gasteiger charge is -2.23. The van der Waals surface area contributed by atoms with Gasteiger partial charge in [-0.2, -0.15) is 0 Å². The summed E-state index contributed by atoms with van der Waals surface area (Å²) in [6, 6.07) is 17.5. The van der Waals surface area contributed by atoms with Crippen LogP contribution >= 0.6 is 0 Å². The van der Waals surface area contributed by atoms with E-state index >= 15 is 0 Å². The SMILES string of the molecule is Cc1cccc(C(=O)NC(C)C(=O)N2CCc3ccccc32)c1NC(=O)c1ccccc1F. The minimum absolute atomic E-state index is 0.122. The molecule has 3 aromatic carbocycles. The van der Waals surface area contributed by atoms with Crippen molar-refractivity contribution in [3.8, 4) is 0 Å². The van der Waals surface area contributed by atoms with E-state index < -0.39 is 23.7 Å². The number of fused-ring (bicyclic) bond motifs is 1. The first kappa shape index (κ1) is 22.2. The van der Waals surface area contributed by atoms with E-state index in [1.165, 1.54) is 18.2 Å². The quantitative estimate of drug-likeness (QED) is 0.621. The Hall–Kier alpha value is -4.00. The zero-order valence-electron chi connectivity index (χ0n) is 18.4. The maximum absolute atomic E-state index is 14.0. The highest BCUT2D eigenvalue weighted by Crippen LogP contribution is 2.28. The smallest absolute Gasteiger partial charge is 0.258 e. The first-order valence-corrected chi connectivity index (χ1v) is 10.7. The van der Waals surface area contributed by atoms with Crippen molar-refractivity contribution in [3.05, 3.63) is 94.8 Å². The average molecular weight is 445 g/mol. The molecular formula is C26H24FN3O3. The highest BCUT2D eigenvalue weighted by atomic mass is 19.1. The Bertz CT molecular complexity index is 1240. The van der Waals surface area contributed by atoms with Crippen LogP contribution in [0.5, 0.6) is 0 Å². The molecule has 3 aromatic rings. The molecule has 0 spiro atoms. The maximum Gasteiger partial charge on any atom is 0.258 e. The molecule has 2 N–H and O–H groups in total. The predicted octanol–water partition coefficient (Wildman–Crippen LogP) is 4.09. The molecule has 7 heteroatoms. The fourth-order valence-electron chi connectivity index (χ4n) is 3.99. The van der Waals surface area contributed by atoms with E-state index in [1.807, 2.05) is 24.3 Å². The number of carbonyl (C=O) groups is 3. The number of amides is 3. The molecule has 1 heterocycles. The van der Waals surface area contributed by atoms with E-state index in [-0.39, 0.29) is 22.7 Å². The van der Waals surface area contributed by atoms with Crippen molar-refractivity contribution >= 4 is 29.1 Å². The van der Waals surface area contributed by atoms with E-state index in [9.17, 15) is 18.8 Å². The van der Waals surface area contributed by atoms with E-state index in [0.29, 0.717) is 12.1 Å². The van der Waals surface area contributed by atoms with Crippen LogP contribution in [0.15, 0.2) is 66.7 Å². The normalized spacial score (nSPS) is 13.2. The van der Waals surface area contributed by atoms with Gasteiger partial charge in [0.2, 0.25) is 5.91 Å². The molecule has 0 saturated carbocycles. The standard InChI is InChI=1S/C26H24FN3O3/c1-16-8-7-11-20(23(16)29-24(31)19-10-4-5-12-21(19)27)25(32)28-17(2)26(33)30-15-14-18-9-3-6-13-22(18)30/h3-13,17H,14-15H2,1-2H3,(H,28,32)(H,29,31). The van der Waals surface area contributed by atoms with Crippen LogP contribution < -0.4 is 15.5 Å². The maximum atomic E-state index is 14.0. The summed E-state index contributed by atoms with van der Waals surface area (Å²) in [5, 5.41) is 5.39. The molecule has 1 atom stereocenters. The molecule has 1 unspecified atom stereocenters. The second-order valence-corrected chi connectivity index (χ2v) is 8.00. The van der Waals surface area contributed by atoms with Gasteiger partial charge in [-0.1, -0.05) is 42.5 Å². The lowest BCUT2D eigenvalue weighted by atomic mass is 10.1. The van der Waals surface area contributed by atoms with Gasteiger partial charge in [0.25, 0.3) is 11.8 Å². The van der Waals surface area contributed by atoms with E-state index in [0.717, 1.165) is 17.7 Å². The number of benzene rings is 3. The second kappa shape index (κ2) is 9.24. The molecule has 0 radical (unpaired) electrons. The third-order valence-electron chi connectivity index (χ3n) is 5.75. The van der Waals surface area contributed by atoms with Crippen molar-refractivity contribution in [2.45, 2.75) is 26.3 Å². The van der Waals surface area contributed by atoms with Crippen LogP contribution in [0, 0.1) is 12.7 Å². The van der Waals surface area contributed by atoms with Gasteiger partial charge in [-0.25, -0.2) is 4.39 Å². The number of rotatable bonds is 5. The molecule has 4 rings (SSSR count). The molecule has 33 heavy (non-hydrogen) atoms. The summed E-state index contributed by atoms with van der Waals surface area (Å²) in [7, 11) is 0. The Balaban J connectivity index is 1.52. The van der Waals surface area contributed by atoms with Crippen LogP contribution in [0.25, 0.3) is 0 Å². The topological polar surface area (TPSA) is 78.5 Å². The first-order chi connectivity index (χ1) is 15.9. The summed E-state index contributed by atoms with van der Waals surface area (Å²) < 4.78 is 14.0. The van der Waals surface area contributed by atoms with Crippen LogP contribution in [0.1, 0.15) is 38.8 Å². The molecule has 0 aliphatic carbocycles. The van der Waals surface area contributed by atoms with Gasteiger partial charge in [-0.05, 0) is 55.7 Å². The number of hydrogen-bond donors (Lipinski definition) is 2. The lowest BCUT2D eigenvalue weighted by Crippen LogP contribution is -2.46. The predicted molar refractivity (Wildman–Crippen MR) is 125 cm³/mol. The molecule has 0 aromatic heterocycles. The number of anilines is 2. The molecule has 0 saturated heterocycles. The minimum atomic E-state index is -0.778. The van der Waals surface area contributed by atoms with Crippen molar-refractivity contribution in [2.75, 3.05) is 16.8 Å². The zero-order valence-corrected chi connectivity index (χ0v) is 18.4. The highest BCUT2D eigenvalue weighted by molar-refractivity contribution is 6.10. The molecule has 0 bridgehead atoms. The number of carbonyl (C=O) groups excluding carboxylic acids is 3. The number of nitrogens with zero attached hydrogens (tertiary/aromatic N) is 1. The minimum Gasteiger partial charge on any atom is -0.340 e. The van der Waals surface area contributed by atoms with Gasteiger partial charge in [0.05, 0.1) is 16.8 Å². The van der Waals surface area contributed by atoms with E-state index in [1.54, 1.807) is 43.0 Å². The van der Waals surface area contributed by atoms with Gasteiger partial charge < -0.3 is 15.5 Å². The third-order valence-corrected chi connectivity index (χ3v) is 5.75. The number of halogens is 1. The summed E-state index contributed by atoms with van der Waals surface area (Å²) in [6.07, 6.45) is 0.771. The lowest BCUT2D eigenvalue weighted by molar-refractivity contribution is -0.119. The van der Waals surface area contributed by atoms with Crippen molar-refractivity contribution in [2.24, 2.45) is 0 Å². The summed E-state index contributed by atoms with van der Waals surface area (Å²) in [5.41, 5.74) is 2.94. The van der Waals surface area contributed by atoms with Crippen LogP contribution in [-0.4, -0.2) is 30.3 Å². The van der Waals surface area contributed by atoms with Crippen molar-refractivity contribution < 1.29 is 18.8 Å². The van der Waals surface area contributed by atoms with Crippen LogP contribution in [0.2, 0.25) is 0 Å². The van der Waals surface area contributed by atoms with Crippen molar-refractivity contribution in [1.82, 2.24) is 5.32 Å². The van der Waals surface area contributed by atoms with Crippen LogP contribution in [0.4, 0.5) is 15.8 Å². The van der Waals surface area contributed by atoms with Crippen LogP contribution in [-0.2, 0) is 11.2 Å². The molecule has 6 nitrogen and oxygen atoms in total. The fraction of sp³-hybridized carbons (Fsp3) is 0.192. The van der Waals surface area contributed by atoms with Gasteiger partial charge in [0.15, 0.2) is 0 Å². The number of hydrogen-bond acceptors (Lipinski definition) is 3. The first-order valence-electron chi connectivity index (χ1n) is 10.7. The zero-order chi connectivity index (χ0) is 23.5. The largest absolute Gasteiger partial charge is 0.340 e.